The summed E-state index contributed by atoms with van der Waals surface area (Å²) in [4.78, 5) is 1.75. The summed E-state index contributed by atoms with van der Waals surface area (Å²) >= 11 is 0. The van der Waals surface area contributed by atoms with Crippen molar-refractivity contribution in [1.82, 2.24) is 4.57 Å². The molecule has 0 fully saturated rings. The van der Waals surface area contributed by atoms with Crippen LogP contribution in [0.4, 0.5) is 5.82 Å². The van der Waals surface area contributed by atoms with Gasteiger partial charge in [0.2, 0.25) is 0 Å². The summed E-state index contributed by atoms with van der Waals surface area (Å²) in [7, 11) is 0. The van der Waals surface area contributed by atoms with Gasteiger partial charge in [-0.2, -0.15) is 0 Å². The van der Waals surface area contributed by atoms with Crippen LogP contribution in [0.2, 0.25) is 0 Å². The standard InChI is InChI=1S/C19H17N3O2/c1-3-21(4-2)19-17(13-20-24)16-7-5-6-8-18(16)22(19)14-9-11-15(23)12-10-14/h3-13,23-24H,1-2H2. The van der Waals surface area contributed by atoms with Gasteiger partial charge in [0.05, 0.1) is 11.7 Å². The van der Waals surface area contributed by atoms with Crippen LogP contribution in [0.1, 0.15) is 5.56 Å². The highest BCUT2D eigenvalue weighted by molar-refractivity contribution is 6.06. The maximum atomic E-state index is 9.57. The molecule has 3 aromatic rings. The Balaban J connectivity index is 2.45. The number of hydrogen-bond acceptors (Lipinski definition) is 4. The lowest BCUT2D eigenvalue weighted by Crippen LogP contribution is -2.12. The summed E-state index contributed by atoms with van der Waals surface area (Å²) in [5, 5.41) is 22.8. The number of fused-ring (bicyclic) bond motifs is 1. The highest BCUT2D eigenvalue weighted by atomic mass is 16.4. The van der Waals surface area contributed by atoms with Crippen LogP contribution in [0.15, 0.2) is 79.2 Å². The number of rotatable bonds is 5. The summed E-state index contributed by atoms with van der Waals surface area (Å²) in [5.74, 6) is 0.933. The molecule has 2 N–H and O–H groups in total. The Morgan fingerprint density at radius 3 is 2.29 bits per heavy atom. The monoisotopic (exact) mass is 319 g/mol. The summed E-state index contributed by atoms with van der Waals surface area (Å²) in [5.41, 5.74) is 2.52. The number of oxime groups is 1. The number of phenols is 1. The van der Waals surface area contributed by atoms with Crippen molar-refractivity contribution in [2.24, 2.45) is 5.16 Å². The van der Waals surface area contributed by atoms with E-state index < -0.39 is 0 Å². The lowest BCUT2D eigenvalue weighted by Gasteiger charge is -2.19. The second kappa shape index (κ2) is 6.34. The molecule has 0 unspecified atom stereocenters. The van der Waals surface area contributed by atoms with E-state index in [-0.39, 0.29) is 5.75 Å². The van der Waals surface area contributed by atoms with E-state index in [9.17, 15) is 5.11 Å². The first-order chi connectivity index (χ1) is 11.7. The fraction of sp³-hybridized carbons (Fsp3) is 0. The fourth-order valence-corrected chi connectivity index (χ4v) is 2.80. The van der Waals surface area contributed by atoms with E-state index in [1.165, 1.54) is 6.21 Å². The van der Waals surface area contributed by atoms with Gasteiger partial charge in [-0.1, -0.05) is 36.5 Å². The van der Waals surface area contributed by atoms with E-state index in [1.54, 1.807) is 29.4 Å². The van der Waals surface area contributed by atoms with E-state index in [2.05, 4.69) is 18.3 Å². The van der Waals surface area contributed by atoms with Crippen LogP contribution in [0.25, 0.3) is 16.6 Å². The lowest BCUT2D eigenvalue weighted by molar-refractivity contribution is 0.322. The van der Waals surface area contributed by atoms with Crippen molar-refractivity contribution in [3.63, 3.8) is 0 Å². The zero-order chi connectivity index (χ0) is 17.1. The minimum atomic E-state index is 0.193. The number of nitrogens with zero attached hydrogens (tertiary/aromatic N) is 3. The minimum absolute atomic E-state index is 0.193. The third-order valence-corrected chi connectivity index (χ3v) is 3.82. The molecular formula is C19H17N3O2. The van der Waals surface area contributed by atoms with Gasteiger partial charge in [0.25, 0.3) is 0 Å². The van der Waals surface area contributed by atoms with Crippen LogP contribution in [-0.4, -0.2) is 21.1 Å². The number of benzene rings is 2. The number of hydrogen-bond donors (Lipinski definition) is 2. The molecule has 24 heavy (non-hydrogen) atoms. The van der Waals surface area contributed by atoms with Gasteiger partial charge in [0, 0.05) is 29.0 Å². The van der Waals surface area contributed by atoms with Crippen molar-refractivity contribution in [3.8, 4) is 11.4 Å². The Labute approximate surface area is 139 Å². The molecule has 2 aromatic carbocycles. The molecule has 120 valence electrons. The average molecular weight is 319 g/mol. The highest BCUT2D eigenvalue weighted by Crippen LogP contribution is 2.35. The summed E-state index contributed by atoms with van der Waals surface area (Å²) in [6.07, 6.45) is 4.66. The van der Waals surface area contributed by atoms with Crippen LogP contribution < -0.4 is 4.90 Å². The van der Waals surface area contributed by atoms with Gasteiger partial charge < -0.3 is 15.2 Å². The van der Waals surface area contributed by atoms with Gasteiger partial charge >= 0.3 is 0 Å². The Bertz CT molecular complexity index is 916. The molecule has 0 radical (unpaired) electrons. The molecule has 3 rings (SSSR count). The molecule has 0 aliphatic carbocycles. The van der Waals surface area contributed by atoms with Crippen molar-refractivity contribution in [2.45, 2.75) is 0 Å². The first-order valence-corrected chi connectivity index (χ1v) is 7.35. The van der Waals surface area contributed by atoms with Crippen LogP contribution in [0, 0.1) is 0 Å². The van der Waals surface area contributed by atoms with E-state index in [0.717, 1.165) is 28.0 Å². The van der Waals surface area contributed by atoms with Crippen LogP contribution >= 0.6 is 0 Å². The normalized spacial score (nSPS) is 11.0. The summed E-state index contributed by atoms with van der Waals surface area (Å²) < 4.78 is 2.00. The van der Waals surface area contributed by atoms with Gasteiger partial charge in [0.1, 0.15) is 11.6 Å². The Kier molecular flexibility index (Phi) is 4.07. The second-order valence-electron chi connectivity index (χ2n) is 5.12. The van der Waals surface area contributed by atoms with Crippen molar-refractivity contribution in [2.75, 3.05) is 4.90 Å². The quantitative estimate of drug-likeness (QED) is 0.420. The van der Waals surface area contributed by atoms with Crippen molar-refractivity contribution in [1.29, 1.82) is 0 Å². The summed E-state index contributed by atoms with van der Waals surface area (Å²) in [6, 6.07) is 14.7. The van der Waals surface area contributed by atoms with E-state index in [0.29, 0.717) is 0 Å². The lowest BCUT2D eigenvalue weighted by atomic mass is 10.2. The third-order valence-electron chi connectivity index (χ3n) is 3.82. The molecule has 0 saturated carbocycles. The Morgan fingerprint density at radius 1 is 1.00 bits per heavy atom. The molecule has 1 heterocycles. The molecule has 0 atom stereocenters. The highest BCUT2D eigenvalue weighted by Gasteiger charge is 2.20. The van der Waals surface area contributed by atoms with E-state index >= 15 is 0 Å². The number of aromatic hydroxyl groups is 1. The van der Waals surface area contributed by atoms with Gasteiger partial charge in [-0.3, -0.25) is 4.57 Å². The number of phenolic OH excluding ortho intramolecular Hbond substituents is 1. The molecule has 0 spiro atoms. The number of anilines is 1. The second-order valence-corrected chi connectivity index (χ2v) is 5.12. The predicted octanol–water partition coefficient (Wildman–Crippen LogP) is 4.24. The van der Waals surface area contributed by atoms with Crippen molar-refractivity contribution < 1.29 is 10.3 Å². The molecule has 0 aliphatic rings. The molecule has 5 heteroatoms. The Morgan fingerprint density at radius 2 is 1.67 bits per heavy atom. The first kappa shape index (κ1) is 15.4. The molecule has 1 aromatic heterocycles. The zero-order valence-corrected chi connectivity index (χ0v) is 13.0. The largest absolute Gasteiger partial charge is 0.508 e. The van der Waals surface area contributed by atoms with Crippen LogP contribution in [0.5, 0.6) is 5.75 Å². The SMILES string of the molecule is C=CN(C=C)c1c(C=NO)c2ccccc2n1-c1ccc(O)cc1. The van der Waals surface area contributed by atoms with Crippen molar-refractivity contribution >= 4 is 22.9 Å². The maximum absolute atomic E-state index is 9.57. The average Bonchev–Trinajstić information content (AvgIpc) is 2.92. The van der Waals surface area contributed by atoms with Crippen molar-refractivity contribution in [3.05, 3.63) is 79.7 Å². The smallest absolute Gasteiger partial charge is 0.131 e. The van der Waals surface area contributed by atoms with Crippen LogP contribution in [-0.2, 0) is 0 Å². The van der Waals surface area contributed by atoms with Crippen LogP contribution in [0.3, 0.4) is 0 Å². The van der Waals surface area contributed by atoms with E-state index in [4.69, 9.17) is 5.21 Å². The van der Waals surface area contributed by atoms with Gasteiger partial charge in [-0.15, -0.1) is 0 Å². The molecular weight excluding hydrogens is 302 g/mol. The summed E-state index contributed by atoms with van der Waals surface area (Å²) in [6.45, 7) is 7.65. The van der Waals surface area contributed by atoms with Gasteiger partial charge in [-0.25, -0.2) is 0 Å². The number of aromatic nitrogens is 1. The fourth-order valence-electron chi connectivity index (χ4n) is 2.80. The minimum Gasteiger partial charge on any atom is -0.508 e. The Hall–Kier alpha value is -3.47. The molecule has 0 amide bonds. The number of para-hydroxylation sites is 1. The topological polar surface area (TPSA) is 61.0 Å². The zero-order valence-electron chi connectivity index (χ0n) is 13.0. The molecule has 5 nitrogen and oxygen atoms in total. The van der Waals surface area contributed by atoms with E-state index in [1.807, 2.05) is 41.0 Å². The molecule has 0 bridgehead atoms. The maximum Gasteiger partial charge on any atom is 0.131 e. The molecule has 0 saturated heterocycles. The van der Waals surface area contributed by atoms with Gasteiger partial charge in [-0.05, 0) is 30.3 Å². The molecule has 0 aliphatic heterocycles. The van der Waals surface area contributed by atoms with Gasteiger partial charge in [0.15, 0.2) is 0 Å². The predicted molar refractivity (Wildman–Crippen MR) is 97.2 cm³/mol. The third kappa shape index (κ3) is 2.42. The first-order valence-electron chi connectivity index (χ1n) is 7.35.